The highest BCUT2D eigenvalue weighted by Gasteiger charge is 2.21. The highest BCUT2D eigenvalue weighted by molar-refractivity contribution is 5.31. The number of likely N-dealkylation sites (N-methyl/N-ethyl adjacent to an activating group) is 1. The number of rotatable bonds is 5. The number of aryl methyl sites for hydroxylation is 2. The fourth-order valence-electron chi connectivity index (χ4n) is 2.84. The minimum Gasteiger partial charge on any atom is -0.307 e. The third kappa shape index (κ3) is 2.83. The van der Waals surface area contributed by atoms with E-state index >= 15 is 0 Å². The van der Waals surface area contributed by atoms with Crippen molar-refractivity contribution in [3.8, 4) is 0 Å². The molecule has 1 aliphatic rings. The van der Waals surface area contributed by atoms with Gasteiger partial charge < -0.3 is 5.32 Å². The van der Waals surface area contributed by atoms with E-state index in [0.29, 0.717) is 6.04 Å². The highest BCUT2D eigenvalue weighted by Crippen LogP contribution is 2.31. The zero-order chi connectivity index (χ0) is 13.0. The summed E-state index contributed by atoms with van der Waals surface area (Å²) in [5.74, 6) is 0. The molecule has 1 heterocycles. The normalized spacial score (nSPS) is 17.6. The van der Waals surface area contributed by atoms with Crippen molar-refractivity contribution in [2.24, 2.45) is 7.05 Å². The molecule has 3 nitrogen and oxygen atoms in total. The van der Waals surface area contributed by atoms with Crippen molar-refractivity contribution >= 4 is 0 Å². The molecule has 1 aliphatic carbocycles. The molecule has 18 heavy (non-hydrogen) atoms. The largest absolute Gasteiger partial charge is 0.307 e. The van der Waals surface area contributed by atoms with Crippen LogP contribution in [-0.2, 0) is 13.5 Å². The number of hydrogen-bond donors (Lipinski definition) is 1. The zero-order valence-electron chi connectivity index (χ0n) is 11.9. The molecule has 1 aromatic rings. The van der Waals surface area contributed by atoms with E-state index in [1.807, 2.05) is 11.7 Å². The van der Waals surface area contributed by atoms with Crippen LogP contribution in [0.1, 0.15) is 56.8 Å². The van der Waals surface area contributed by atoms with Crippen molar-refractivity contribution in [1.82, 2.24) is 15.1 Å². The Morgan fingerprint density at radius 3 is 2.83 bits per heavy atom. The van der Waals surface area contributed by atoms with Crippen LogP contribution in [0.5, 0.6) is 0 Å². The standard InChI is InChI=1S/C15H25N3/c1-4-14-13(11-18(3)17-14)15(16-5-2)12-9-7-6-8-10-12/h9,11,15-16H,4-8,10H2,1-3H3. The minimum atomic E-state index is 0.374. The van der Waals surface area contributed by atoms with Gasteiger partial charge in [-0.05, 0) is 38.6 Å². The van der Waals surface area contributed by atoms with E-state index in [9.17, 15) is 0 Å². The van der Waals surface area contributed by atoms with Gasteiger partial charge in [0.2, 0.25) is 0 Å². The first-order chi connectivity index (χ1) is 8.76. The van der Waals surface area contributed by atoms with Crippen molar-refractivity contribution in [1.29, 1.82) is 0 Å². The van der Waals surface area contributed by atoms with Gasteiger partial charge in [-0.2, -0.15) is 5.10 Å². The molecule has 1 aromatic heterocycles. The monoisotopic (exact) mass is 247 g/mol. The van der Waals surface area contributed by atoms with E-state index in [4.69, 9.17) is 0 Å². The summed E-state index contributed by atoms with van der Waals surface area (Å²) in [6, 6.07) is 0.374. The molecule has 0 spiro atoms. The average molecular weight is 247 g/mol. The lowest BCUT2D eigenvalue weighted by atomic mass is 9.89. The van der Waals surface area contributed by atoms with Crippen LogP contribution in [0, 0.1) is 0 Å². The maximum absolute atomic E-state index is 4.58. The molecule has 0 fully saturated rings. The van der Waals surface area contributed by atoms with Gasteiger partial charge in [-0.1, -0.05) is 25.5 Å². The summed E-state index contributed by atoms with van der Waals surface area (Å²) < 4.78 is 1.95. The van der Waals surface area contributed by atoms with E-state index < -0.39 is 0 Å². The van der Waals surface area contributed by atoms with Crippen LogP contribution in [0.25, 0.3) is 0 Å². The predicted octanol–water partition coefficient (Wildman–Crippen LogP) is 3.13. The molecule has 0 saturated heterocycles. The van der Waals surface area contributed by atoms with Crippen LogP contribution in [0.15, 0.2) is 17.8 Å². The molecule has 1 atom stereocenters. The van der Waals surface area contributed by atoms with Crippen molar-refractivity contribution < 1.29 is 0 Å². The van der Waals surface area contributed by atoms with Crippen LogP contribution in [0.4, 0.5) is 0 Å². The predicted molar refractivity (Wildman–Crippen MR) is 75.6 cm³/mol. The second-order valence-electron chi connectivity index (χ2n) is 5.07. The van der Waals surface area contributed by atoms with Crippen LogP contribution < -0.4 is 5.32 Å². The summed E-state index contributed by atoms with van der Waals surface area (Å²) >= 11 is 0. The summed E-state index contributed by atoms with van der Waals surface area (Å²) in [4.78, 5) is 0. The molecule has 2 rings (SSSR count). The Balaban J connectivity index is 2.30. The van der Waals surface area contributed by atoms with Crippen LogP contribution in [0.3, 0.4) is 0 Å². The first kappa shape index (κ1) is 13.3. The van der Waals surface area contributed by atoms with Crippen molar-refractivity contribution in [3.05, 3.63) is 29.1 Å². The molecule has 1 unspecified atom stereocenters. The summed E-state index contributed by atoms with van der Waals surface area (Å²) in [6.07, 6.45) is 10.8. The lowest BCUT2D eigenvalue weighted by Gasteiger charge is -2.24. The molecule has 1 N–H and O–H groups in total. The van der Waals surface area contributed by atoms with Crippen molar-refractivity contribution in [2.75, 3.05) is 6.54 Å². The van der Waals surface area contributed by atoms with Gasteiger partial charge in [0.25, 0.3) is 0 Å². The Bertz CT molecular complexity index is 417. The SMILES string of the molecule is CCNC(C1=CCCCC1)c1cn(C)nc1CC. The lowest BCUT2D eigenvalue weighted by molar-refractivity contribution is 0.560. The Kier molecular flexibility index (Phi) is 4.59. The van der Waals surface area contributed by atoms with Gasteiger partial charge >= 0.3 is 0 Å². The minimum absolute atomic E-state index is 0.374. The van der Waals surface area contributed by atoms with Crippen LogP contribution in [0.2, 0.25) is 0 Å². The maximum atomic E-state index is 4.58. The van der Waals surface area contributed by atoms with Crippen molar-refractivity contribution in [2.45, 2.75) is 52.0 Å². The third-order valence-electron chi connectivity index (χ3n) is 3.69. The van der Waals surface area contributed by atoms with Gasteiger partial charge in [0.15, 0.2) is 0 Å². The molecule has 100 valence electrons. The molecule has 0 aromatic carbocycles. The van der Waals surface area contributed by atoms with Crippen LogP contribution >= 0.6 is 0 Å². The topological polar surface area (TPSA) is 29.9 Å². The summed E-state index contributed by atoms with van der Waals surface area (Å²) in [5, 5.41) is 8.21. The van der Waals surface area contributed by atoms with Gasteiger partial charge in [0, 0.05) is 18.8 Å². The average Bonchev–Trinajstić information content (AvgIpc) is 2.78. The number of nitrogens with one attached hydrogen (secondary N) is 1. The summed E-state index contributed by atoms with van der Waals surface area (Å²) in [5.41, 5.74) is 4.16. The fraction of sp³-hybridized carbons (Fsp3) is 0.667. The van der Waals surface area contributed by atoms with Gasteiger partial charge in [-0.15, -0.1) is 0 Å². The van der Waals surface area contributed by atoms with Gasteiger partial charge in [0.1, 0.15) is 0 Å². The second-order valence-corrected chi connectivity index (χ2v) is 5.07. The molecule has 0 radical (unpaired) electrons. The van der Waals surface area contributed by atoms with E-state index in [0.717, 1.165) is 13.0 Å². The van der Waals surface area contributed by atoms with Crippen LogP contribution in [-0.4, -0.2) is 16.3 Å². The summed E-state index contributed by atoms with van der Waals surface area (Å²) in [6.45, 7) is 5.36. The first-order valence-electron chi connectivity index (χ1n) is 7.21. The smallest absolute Gasteiger partial charge is 0.0672 e. The number of nitrogens with zero attached hydrogens (tertiary/aromatic N) is 2. The van der Waals surface area contributed by atoms with E-state index in [1.54, 1.807) is 5.57 Å². The Morgan fingerprint density at radius 2 is 2.22 bits per heavy atom. The maximum Gasteiger partial charge on any atom is 0.0672 e. The lowest BCUT2D eigenvalue weighted by Crippen LogP contribution is -2.24. The molecular weight excluding hydrogens is 222 g/mol. The zero-order valence-corrected chi connectivity index (χ0v) is 11.9. The summed E-state index contributed by atoms with van der Waals surface area (Å²) in [7, 11) is 2.01. The number of aromatic nitrogens is 2. The Morgan fingerprint density at radius 1 is 1.39 bits per heavy atom. The van der Waals surface area contributed by atoms with Gasteiger partial charge in [-0.3, -0.25) is 4.68 Å². The number of allylic oxidation sites excluding steroid dienone is 1. The molecule has 0 aliphatic heterocycles. The van der Waals surface area contributed by atoms with E-state index in [2.05, 4.69) is 36.5 Å². The molecule has 0 amide bonds. The number of hydrogen-bond acceptors (Lipinski definition) is 2. The molecular formula is C15H25N3. The van der Waals surface area contributed by atoms with E-state index in [1.165, 1.54) is 36.9 Å². The second kappa shape index (κ2) is 6.19. The Labute approximate surface area is 110 Å². The third-order valence-corrected chi connectivity index (χ3v) is 3.69. The molecule has 0 bridgehead atoms. The quantitative estimate of drug-likeness (QED) is 0.810. The Hall–Kier alpha value is -1.09. The molecule has 0 saturated carbocycles. The first-order valence-corrected chi connectivity index (χ1v) is 7.21. The highest BCUT2D eigenvalue weighted by atomic mass is 15.3. The van der Waals surface area contributed by atoms with Gasteiger partial charge in [0.05, 0.1) is 11.7 Å². The van der Waals surface area contributed by atoms with Crippen molar-refractivity contribution in [3.63, 3.8) is 0 Å². The fourth-order valence-corrected chi connectivity index (χ4v) is 2.84. The van der Waals surface area contributed by atoms with Gasteiger partial charge in [-0.25, -0.2) is 0 Å². The van der Waals surface area contributed by atoms with E-state index in [-0.39, 0.29) is 0 Å². The molecule has 3 heteroatoms.